The summed E-state index contributed by atoms with van der Waals surface area (Å²) in [7, 11) is 0. The Balaban J connectivity index is 1.83. The Bertz CT molecular complexity index is 599. The van der Waals surface area contributed by atoms with Crippen molar-refractivity contribution in [3.8, 4) is 0 Å². The minimum Gasteiger partial charge on any atom is -0.314 e. The van der Waals surface area contributed by atoms with Crippen LogP contribution in [0.5, 0.6) is 0 Å². The minimum absolute atomic E-state index is 0.241. The number of fused-ring (bicyclic) bond motifs is 1. The number of alkyl halides is 3. The van der Waals surface area contributed by atoms with Gasteiger partial charge in [0, 0.05) is 18.7 Å². The Kier molecular flexibility index (Phi) is 3.37. The van der Waals surface area contributed by atoms with Crippen molar-refractivity contribution in [1.29, 1.82) is 0 Å². The van der Waals surface area contributed by atoms with Crippen molar-refractivity contribution < 1.29 is 13.2 Å². The third-order valence-corrected chi connectivity index (χ3v) is 3.55. The van der Waals surface area contributed by atoms with Crippen LogP contribution < -0.4 is 5.32 Å². The van der Waals surface area contributed by atoms with Crippen LogP contribution in [0.25, 0.3) is 5.65 Å². The quantitative estimate of drug-likeness (QED) is 0.921. The molecule has 0 saturated carbocycles. The second-order valence-electron chi connectivity index (χ2n) is 5.09. The Labute approximate surface area is 114 Å². The average Bonchev–Trinajstić information content (AvgIpc) is 2.80. The molecule has 1 N–H and O–H groups in total. The molecule has 20 heavy (non-hydrogen) atoms. The van der Waals surface area contributed by atoms with Crippen LogP contribution in [-0.2, 0) is 12.6 Å². The van der Waals surface area contributed by atoms with Crippen LogP contribution in [0.1, 0.15) is 30.7 Å². The molecule has 1 saturated heterocycles. The molecule has 3 rings (SSSR count). The second kappa shape index (κ2) is 5.05. The minimum atomic E-state index is -4.35. The molecule has 0 aromatic carbocycles. The lowest BCUT2D eigenvalue weighted by Crippen LogP contribution is -2.35. The number of nitrogens with one attached hydrogen (secondary N) is 1. The summed E-state index contributed by atoms with van der Waals surface area (Å²) in [5.41, 5.74) is -0.453. The molecule has 1 unspecified atom stereocenters. The number of pyridine rings is 1. The number of piperidine rings is 1. The predicted octanol–water partition coefficient (Wildman–Crippen LogP) is 2.43. The van der Waals surface area contributed by atoms with Crippen LogP contribution in [0.15, 0.2) is 18.3 Å². The molecule has 3 heterocycles. The van der Waals surface area contributed by atoms with Gasteiger partial charge in [0.25, 0.3) is 0 Å². The first-order valence-electron chi connectivity index (χ1n) is 6.68. The first kappa shape index (κ1) is 13.4. The van der Waals surface area contributed by atoms with Crippen molar-refractivity contribution in [2.75, 3.05) is 6.54 Å². The Morgan fingerprint density at radius 1 is 1.35 bits per heavy atom. The third kappa shape index (κ3) is 2.77. The van der Waals surface area contributed by atoms with Crippen molar-refractivity contribution in [3.05, 3.63) is 29.7 Å². The molecule has 1 atom stereocenters. The van der Waals surface area contributed by atoms with Gasteiger partial charge in [-0.2, -0.15) is 18.3 Å². The van der Waals surface area contributed by atoms with Crippen LogP contribution in [0.4, 0.5) is 13.2 Å². The SMILES string of the molecule is FC(F)(F)c1ccn2nc(CC3CCCCN3)nc2c1. The lowest BCUT2D eigenvalue weighted by Gasteiger charge is -2.21. The van der Waals surface area contributed by atoms with Gasteiger partial charge >= 0.3 is 6.18 Å². The van der Waals surface area contributed by atoms with Crippen molar-refractivity contribution in [2.24, 2.45) is 0 Å². The summed E-state index contributed by atoms with van der Waals surface area (Å²) >= 11 is 0. The summed E-state index contributed by atoms with van der Waals surface area (Å²) in [6.45, 7) is 0.982. The van der Waals surface area contributed by atoms with Gasteiger partial charge in [-0.05, 0) is 31.5 Å². The van der Waals surface area contributed by atoms with E-state index in [-0.39, 0.29) is 5.65 Å². The normalized spacial score (nSPS) is 20.4. The highest BCUT2D eigenvalue weighted by Gasteiger charge is 2.31. The maximum Gasteiger partial charge on any atom is 0.416 e. The molecular formula is C13H15F3N4. The molecule has 4 nitrogen and oxygen atoms in total. The standard InChI is InChI=1S/C13H15F3N4/c14-13(15,16)9-4-6-20-12(7-9)18-11(19-20)8-10-3-1-2-5-17-10/h4,6-7,10,17H,1-3,5,8H2. The maximum atomic E-state index is 12.6. The average molecular weight is 284 g/mol. The van der Waals surface area contributed by atoms with E-state index < -0.39 is 11.7 Å². The summed E-state index contributed by atoms with van der Waals surface area (Å²) in [5.74, 6) is 0.587. The van der Waals surface area contributed by atoms with E-state index in [2.05, 4.69) is 15.4 Å². The molecule has 0 aliphatic carbocycles. The van der Waals surface area contributed by atoms with Gasteiger partial charge in [0.1, 0.15) is 0 Å². The fraction of sp³-hybridized carbons (Fsp3) is 0.538. The summed E-state index contributed by atoms with van der Waals surface area (Å²) in [6, 6.07) is 2.37. The van der Waals surface area contributed by atoms with E-state index >= 15 is 0 Å². The number of rotatable bonds is 2. The van der Waals surface area contributed by atoms with Crippen LogP contribution in [0.3, 0.4) is 0 Å². The van der Waals surface area contributed by atoms with Gasteiger partial charge < -0.3 is 5.32 Å². The van der Waals surface area contributed by atoms with Gasteiger partial charge in [-0.1, -0.05) is 6.42 Å². The van der Waals surface area contributed by atoms with E-state index in [4.69, 9.17) is 0 Å². The fourth-order valence-electron chi connectivity index (χ4n) is 2.51. The highest BCUT2D eigenvalue weighted by Crippen LogP contribution is 2.29. The van der Waals surface area contributed by atoms with E-state index in [1.807, 2.05) is 0 Å². The first-order chi connectivity index (χ1) is 9.52. The highest BCUT2D eigenvalue weighted by atomic mass is 19.4. The number of nitrogens with zero attached hydrogens (tertiary/aromatic N) is 3. The van der Waals surface area contributed by atoms with Crippen LogP contribution >= 0.6 is 0 Å². The van der Waals surface area contributed by atoms with Crippen molar-refractivity contribution in [1.82, 2.24) is 19.9 Å². The second-order valence-corrected chi connectivity index (χ2v) is 5.09. The van der Waals surface area contributed by atoms with E-state index in [1.165, 1.54) is 23.6 Å². The smallest absolute Gasteiger partial charge is 0.314 e. The van der Waals surface area contributed by atoms with Gasteiger partial charge in [-0.25, -0.2) is 9.50 Å². The lowest BCUT2D eigenvalue weighted by molar-refractivity contribution is -0.137. The van der Waals surface area contributed by atoms with E-state index in [0.29, 0.717) is 18.3 Å². The van der Waals surface area contributed by atoms with Crippen molar-refractivity contribution in [3.63, 3.8) is 0 Å². The Morgan fingerprint density at radius 3 is 2.90 bits per heavy atom. The fourth-order valence-corrected chi connectivity index (χ4v) is 2.51. The molecule has 0 amide bonds. The van der Waals surface area contributed by atoms with Crippen LogP contribution in [0, 0.1) is 0 Å². The van der Waals surface area contributed by atoms with E-state index in [0.717, 1.165) is 25.1 Å². The highest BCUT2D eigenvalue weighted by molar-refractivity contribution is 5.41. The largest absolute Gasteiger partial charge is 0.416 e. The molecule has 0 bridgehead atoms. The van der Waals surface area contributed by atoms with Crippen molar-refractivity contribution in [2.45, 2.75) is 37.9 Å². The van der Waals surface area contributed by atoms with Crippen LogP contribution in [-0.4, -0.2) is 27.2 Å². The zero-order valence-electron chi connectivity index (χ0n) is 10.8. The predicted molar refractivity (Wildman–Crippen MR) is 67.3 cm³/mol. The molecule has 0 radical (unpaired) electrons. The number of halogens is 3. The third-order valence-electron chi connectivity index (χ3n) is 3.55. The molecular weight excluding hydrogens is 269 g/mol. The van der Waals surface area contributed by atoms with Gasteiger partial charge in [0.15, 0.2) is 11.5 Å². The zero-order valence-corrected chi connectivity index (χ0v) is 10.8. The zero-order chi connectivity index (χ0) is 14.2. The molecule has 1 fully saturated rings. The van der Waals surface area contributed by atoms with E-state index in [9.17, 15) is 13.2 Å². The lowest BCUT2D eigenvalue weighted by atomic mass is 10.0. The Morgan fingerprint density at radius 2 is 2.20 bits per heavy atom. The molecule has 0 spiro atoms. The number of hydrogen-bond donors (Lipinski definition) is 1. The number of hydrogen-bond acceptors (Lipinski definition) is 3. The topological polar surface area (TPSA) is 42.2 Å². The van der Waals surface area contributed by atoms with Crippen molar-refractivity contribution >= 4 is 5.65 Å². The molecule has 2 aromatic heterocycles. The maximum absolute atomic E-state index is 12.6. The van der Waals surface area contributed by atoms with E-state index in [1.54, 1.807) is 0 Å². The van der Waals surface area contributed by atoms with Gasteiger partial charge in [0.2, 0.25) is 0 Å². The summed E-state index contributed by atoms with van der Waals surface area (Å²) in [6.07, 6.45) is 1.02. The van der Waals surface area contributed by atoms with Gasteiger partial charge in [0.05, 0.1) is 5.56 Å². The van der Waals surface area contributed by atoms with Crippen LogP contribution in [0.2, 0.25) is 0 Å². The monoisotopic (exact) mass is 284 g/mol. The number of aromatic nitrogens is 3. The summed E-state index contributed by atoms with van der Waals surface area (Å²) in [5, 5.41) is 7.61. The molecule has 108 valence electrons. The molecule has 2 aromatic rings. The van der Waals surface area contributed by atoms with Gasteiger partial charge in [-0.3, -0.25) is 0 Å². The van der Waals surface area contributed by atoms with Gasteiger partial charge in [-0.15, -0.1) is 0 Å². The molecule has 1 aliphatic heterocycles. The molecule has 1 aliphatic rings. The Hall–Kier alpha value is -1.63. The first-order valence-corrected chi connectivity index (χ1v) is 6.68. The summed E-state index contributed by atoms with van der Waals surface area (Å²) < 4.78 is 39.3. The summed E-state index contributed by atoms with van der Waals surface area (Å²) in [4.78, 5) is 4.19. The molecule has 7 heteroatoms.